The lowest BCUT2D eigenvalue weighted by Crippen LogP contribution is -2.49. The summed E-state index contributed by atoms with van der Waals surface area (Å²) >= 11 is 0. The van der Waals surface area contributed by atoms with Gasteiger partial charge in [-0.1, -0.05) is 44.2 Å². The highest BCUT2D eigenvalue weighted by Crippen LogP contribution is 2.18. The Labute approximate surface area is 143 Å². The second-order valence-corrected chi connectivity index (χ2v) is 6.54. The van der Waals surface area contributed by atoms with E-state index in [2.05, 4.69) is 5.32 Å². The molecule has 0 aliphatic carbocycles. The number of likely N-dealkylation sites (tertiary alicyclic amines) is 1. The van der Waals surface area contributed by atoms with Crippen LogP contribution >= 0.6 is 0 Å². The molecule has 6 heteroatoms. The molecule has 1 aliphatic heterocycles. The standard InChI is InChI=1S/C18H27N3O3/c1-13(2)16(19)17(22)20-11-15-9-6-10-21(15)18(23)24-12-14-7-4-3-5-8-14/h3-5,7-8,13,15-16H,6,9-12,19H2,1-2H3,(H,20,22)/t15-,16+/m1/s1. The highest BCUT2D eigenvalue weighted by molar-refractivity contribution is 5.81. The van der Waals surface area contributed by atoms with Crippen molar-refractivity contribution in [2.45, 2.75) is 45.4 Å². The minimum Gasteiger partial charge on any atom is -0.445 e. The van der Waals surface area contributed by atoms with Gasteiger partial charge in [-0.2, -0.15) is 0 Å². The van der Waals surface area contributed by atoms with Gasteiger partial charge < -0.3 is 20.7 Å². The van der Waals surface area contributed by atoms with Crippen LogP contribution in [0.2, 0.25) is 0 Å². The third-order valence-electron chi connectivity index (χ3n) is 4.35. The average Bonchev–Trinajstić information content (AvgIpc) is 3.06. The van der Waals surface area contributed by atoms with Crippen molar-refractivity contribution >= 4 is 12.0 Å². The van der Waals surface area contributed by atoms with Crippen LogP contribution in [0.15, 0.2) is 30.3 Å². The lowest BCUT2D eigenvalue weighted by molar-refractivity contribution is -0.123. The minimum absolute atomic E-state index is 0.0309. The average molecular weight is 333 g/mol. The Hall–Kier alpha value is -2.08. The number of hydrogen-bond donors (Lipinski definition) is 2. The predicted molar refractivity (Wildman–Crippen MR) is 92.2 cm³/mol. The van der Waals surface area contributed by atoms with Gasteiger partial charge in [0, 0.05) is 13.1 Å². The quantitative estimate of drug-likeness (QED) is 0.832. The van der Waals surface area contributed by atoms with Crippen molar-refractivity contribution < 1.29 is 14.3 Å². The number of carbonyl (C=O) groups excluding carboxylic acids is 2. The lowest BCUT2D eigenvalue weighted by atomic mass is 10.0. The van der Waals surface area contributed by atoms with Crippen molar-refractivity contribution in [1.29, 1.82) is 0 Å². The molecule has 2 rings (SSSR count). The van der Waals surface area contributed by atoms with Gasteiger partial charge >= 0.3 is 6.09 Å². The van der Waals surface area contributed by atoms with E-state index in [1.54, 1.807) is 4.90 Å². The van der Waals surface area contributed by atoms with E-state index in [9.17, 15) is 9.59 Å². The minimum atomic E-state index is -0.523. The molecule has 24 heavy (non-hydrogen) atoms. The lowest BCUT2D eigenvalue weighted by Gasteiger charge is -2.25. The van der Waals surface area contributed by atoms with Crippen molar-refractivity contribution in [2.75, 3.05) is 13.1 Å². The highest BCUT2D eigenvalue weighted by Gasteiger charge is 2.30. The SMILES string of the molecule is CC(C)[C@H](N)C(=O)NC[C@H]1CCCN1C(=O)OCc1ccccc1. The summed E-state index contributed by atoms with van der Waals surface area (Å²) in [5.74, 6) is -0.0879. The molecule has 0 bridgehead atoms. The Kier molecular flexibility index (Phi) is 6.61. The number of ether oxygens (including phenoxy) is 1. The molecule has 0 aromatic heterocycles. The fraction of sp³-hybridized carbons (Fsp3) is 0.556. The Morgan fingerprint density at radius 2 is 2.04 bits per heavy atom. The normalized spacial score (nSPS) is 18.5. The topological polar surface area (TPSA) is 84.7 Å². The van der Waals surface area contributed by atoms with Crippen LogP contribution in [-0.4, -0.2) is 42.1 Å². The van der Waals surface area contributed by atoms with Gasteiger partial charge in [0.25, 0.3) is 0 Å². The number of hydrogen-bond acceptors (Lipinski definition) is 4. The van der Waals surface area contributed by atoms with E-state index in [0.29, 0.717) is 13.1 Å². The van der Waals surface area contributed by atoms with Crippen LogP contribution in [0.3, 0.4) is 0 Å². The van der Waals surface area contributed by atoms with Gasteiger partial charge in [-0.05, 0) is 24.3 Å². The van der Waals surface area contributed by atoms with E-state index in [1.807, 2.05) is 44.2 Å². The molecule has 1 heterocycles. The smallest absolute Gasteiger partial charge is 0.410 e. The molecule has 1 aromatic carbocycles. The monoisotopic (exact) mass is 333 g/mol. The second kappa shape index (κ2) is 8.68. The number of nitrogens with two attached hydrogens (primary N) is 1. The van der Waals surface area contributed by atoms with Gasteiger partial charge in [0.05, 0.1) is 12.1 Å². The number of nitrogens with one attached hydrogen (secondary N) is 1. The van der Waals surface area contributed by atoms with Crippen molar-refractivity contribution in [1.82, 2.24) is 10.2 Å². The molecule has 6 nitrogen and oxygen atoms in total. The van der Waals surface area contributed by atoms with Gasteiger partial charge in [0.15, 0.2) is 0 Å². The number of benzene rings is 1. The van der Waals surface area contributed by atoms with E-state index in [1.165, 1.54) is 0 Å². The molecule has 0 radical (unpaired) electrons. The van der Waals surface area contributed by atoms with E-state index in [0.717, 1.165) is 18.4 Å². The summed E-state index contributed by atoms with van der Waals surface area (Å²) in [7, 11) is 0. The summed E-state index contributed by atoms with van der Waals surface area (Å²) in [5.41, 5.74) is 6.79. The number of rotatable bonds is 6. The largest absolute Gasteiger partial charge is 0.445 e. The third-order valence-corrected chi connectivity index (χ3v) is 4.35. The van der Waals surface area contributed by atoms with Gasteiger partial charge in [-0.15, -0.1) is 0 Å². The maximum Gasteiger partial charge on any atom is 0.410 e. The van der Waals surface area contributed by atoms with E-state index in [4.69, 9.17) is 10.5 Å². The van der Waals surface area contributed by atoms with Crippen molar-refractivity contribution in [3.63, 3.8) is 0 Å². The Balaban J connectivity index is 1.81. The predicted octanol–water partition coefficient (Wildman–Crippen LogP) is 1.89. The fourth-order valence-corrected chi connectivity index (χ4v) is 2.73. The van der Waals surface area contributed by atoms with Crippen LogP contribution < -0.4 is 11.1 Å². The van der Waals surface area contributed by atoms with Gasteiger partial charge in [0.1, 0.15) is 6.61 Å². The van der Waals surface area contributed by atoms with Crippen molar-refractivity contribution in [3.05, 3.63) is 35.9 Å². The zero-order valence-electron chi connectivity index (χ0n) is 14.4. The molecular weight excluding hydrogens is 306 g/mol. The summed E-state index contributed by atoms with van der Waals surface area (Å²) < 4.78 is 5.38. The van der Waals surface area contributed by atoms with Crippen LogP contribution in [0, 0.1) is 5.92 Å². The van der Waals surface area contributed by atoms with Crippen LogP contribution in [-0.2, 0) is 16.1 Å². The molecular formula is C18H27N3O3. The summed E-state index contributed by atoms with van der Waals surface area (Å²) in [6, 6.07) is 9.03. The molecule has 0 spiro atoms. The molecule has 3 N–H and O–H groups in total. The third kappa shape index (κ3) is 4.96. The van der Waals surface area contributed by atoms with E-state index in [-0.39, 0.29) is 30.6 Å². The van der Waals surface area contributed by atoms with Crippen molar-refractivity contribution in [2.24, 2.45) is 11.7 Å². The van der Waals surface area contributed by atoms with Crippen LogP contribution in [0.4, 0.5) is 4.79 Å². The zero-order valence-corrected chi connectivity index (χ0v) is 14.4. The Bertz CT molecular complexity index is 548. The Morgan fingerprint density at radius 3 is 2.71 bits per heavy atom. The van der Waals surface area contributed by atoms with Gasteiger partial charge in [0.2, 0.25) is 5.91 Å². The first-order chi connectivity index (χ1) is 11.5. The van der Waals surface area contributed by atoms with Crippen LogP contribution in [0.1, 0.15) is 32.3 Å². The van der Waals surface area contributed by atoms with Crippen molar-refractivity contribution in [3.8, 4) is 0 Å². The molecule has 1 aliphatic rings. The molecule has 1 fully saturated rings. The highest BCUT2D eigenvalue weighted by atomic mass is 16.6. The fourth-order valence-electron chi connectivity index (χ4n) is 2.73. The molecule has 0 unspecified atom stereocenters. The molecule has 2 amide bonds. The zero-order chi connectivity index (χ0) is 17.5. The molecule has 1 saturated heterocycles. The van der Waals surface area contributed by atoms with Crippen LogP contribution in [0.25, 0.3) is 0 Å². The summed E-state index contributed by atoms with van der Waals surface area (Å²) in [6.07, 6.45) is 1.44. The first-order valence-corrected chi connectivity index (χ1v) is 8.49. The Morgan fingerprint density at radius 1 is 1.33 bits per heavy atom. The molecule has 1 aromatic rings. The van der Waals surface area contributed by atoms with E-state index < -0.39 is 6.04 Å². The van der Waals surface area contributed by atoms with Gasteiger partial charge in [-0.3, -0.25) is 4.79 Å². The number of nitrogens with zero attached hydrogens (tertiary/aromatic N) is 1. The van der Waals surface area contributed by atoms with Crippen LogP contribution in [0.5, 0.6) is 0 Å². The first kappa shape index (κ1) is 18.3. The molecule has 2 atom stereocenters. The maximum absolute atomic E-state index is 12.3. The summed E-state index contributed by atoms with van der Waals surface area (Å²) in [4.78, 5) is 25.9. The summed E-state index contributed by atoms with van der Waals surface area (Å²) in [6.45, 7) is 5.15. The number of carbonyl (C=O) groups is 2. The molecule has 132 valence electrons. The maximum atomic E-state index is 12.3. The molecule has 0 saturated carbocycles. The second-order valence-electron chi connectivity index (χ2n) is 6.54. The van der Waals surface area contributed by atoms with E-state index >= 15 is 0 Å². The number of amides is 2. The van der Waals surface area contributed by atoms with Gasteiger partial charge in [-0.25, -0.2) is 4.79 Å². The first-order valence-electron chi connectivity index (χ1n) is 8.49. The summed E-state index contributed by atoms with van der Waals surface area (Å²) in [5, 5.41) is 2.85.